The first kappa shape index (κ1) is 39.3. The first-order valence-electron chi connectivity index (χ1n) is 11.6. The van der Waals surface area contributed by atoms with Crippen molar-refractivity contribution in [1.82, 2.24) is 0 Å². The van der Waals surface area contributed by atoms with Crippen molar-refractivity contribution in [2.75, 3.05) is 18.4 Å². The zero-order valence-corrected chi connectivity index (χ0v) is 25.8. The second kappa shape index (κ2) is 26.8. The molecule has 9 heteroatoms. The van der Waals surface area contributed by atoms with Crippen LogP contribution in [0.3, 0.4) is 0 Å². The third-order valence-electron chi connectivity index (χ3n) is 4.31. The fourth-order valence-corrected chi connectivity index (χ4v) is 2.89. The minimum absolute atomic E-state index is 0. The van der Waals surface area contributed by atoms with Crippen LogP contribution in [0.2, 0.25) is 10.0 Å². The molecule has 0 aliphatic heterocycles. The van der Waals surface area contributed by atoms with Crippen molar-refractivity contribution < 1.29 is 38.0 Å². The van der Waals surface area contributed by atoms with Gasteiger partial charge in [-0.1, -0.05) is 69.8 Å². The number of alkyl halides is 1. The van der Waals surface area contributed by atoms with Gasteiger partial charge in [0.25, 0.3) is 0 Å². The van der Waals surface area contributed by atoms with Crippen molar-refractivity contribution in [2.24, 2.45) is 5.73 Å². The fraction of sp³-hybridized carbons (Fsp3) is 0.538. The Morgan fingerprint density at radius 3 is 1.43 bits per heavy atom. The molecular weight excluding hydrogens is 619 g/mol. The normalized spacial score (nSPS) is 12.2. The number of rotatable bonds is 9. The number of benzene rings is 2. The maximum atomic E-state index is 9.07. The third kappa shape index (κ3) is 29.9. The quantitative estimate of drug-likeness (QED) is 0.208. The van der Waals surface area contributed by atoms with Gasteiger partial charge in [-0.2, -0.15) is 0 Å². The van der Waals surface area contributed by atoms with Gasteiger partial charge in [0.05, 0.1) is 18.3 Å². The summed E-state index contributed by atoms with van der Waals surface area (Å²) in [6.45, 7) is 6.18. The summed E-state index contributed by atoms with van der Waals surface area (Å²) in [5, 5.41) is 28.2. The van der Waals surface area contributed by atoms with Gasteiger partial charge < -0.3 is 43.8 Å². The van der Waals surface area contributed by atoms with Gasteiger partial charge in [-0.25, -0.2) is 0 Å². The summed E-state index contributed by atoms with van der Waals surface area (Å²) in [6, 6.07) is 15.9. The van der Waals surface area contributed by atoms with Crippen LogP contribution in [0.5, 0.6) is 0 Å². The van der Waals surface area contributed by atoms with E-state index in [1.165, 1.54) is 11.1 Å². The first-order valence-corrected chi connectivity index (χ1v) is 13.5. The number of aliphatic hydroxyl groups is 3. The minimum atomic E-state index is -0.338. The lowest BCUT2D eigenvalue weighted by Crippen LogP contribution is -3.00. The van der Waals surface area contributed by atoms with Crippen LogP contribution in [-0.2, 0) is 12.8 Å². The molecule has 2 rings (SSSR count). The Balaban J connectivity index is -0.000000427. The predicted octanol–water partition coefficient (Wildman–Crippen LogP) is 1.65. The number of aliphatic hydroxyl groups excluding tert-OH is 3. The van der Waals surface area contributed by atoms with Crippen LogP contribution < -0.4 is 28.4 Å². The molecule has 8 N–H and O–H groups in total. The molecule has 0 saturated carbocycles. The molecule has 35 heavy (non-hydrogen) atoms. The van der Waals surface area contributed by atoms with Crippen LogP contribution in [0.15, 0.2) is 48.5 Å². The standard InChI is InChI=1S/C12H17ClO.C8H8BrCl.2C3H9NO.BrH/c1-10(14)4-2-3-5-11-6-8-12(13)9-7-11;9-6-5-7-1-3-8(10)4-2-7;2*1-3(5)2-4;/h6-10,14H,2-5H2,1H3;1-4H,5-6H2;2*3,5H,2,4H2,1H3;1H. The zero-order valence-electron chi connectivity index (χ0n) is 21.1. The van der Waals surface area contributed by atoms with Crippen molar-refractivity contribution in [3.8, 4) is 0 Å². The molecule has 0 saturated heterocycles. The second-order valence-electron chi connectivity index (χ2n) is 8.01. The maximum Gasteiger partial charge on any atom is 0.100 e. The SMILES string of the molecule is CC(O)CCCCc1ccc(Cl)cc1.CC(O)CN.CC(O)C[NH3+].Clc1ccc(CCBr)cc1.[Br-]. The number of aryl methyl sites for hydroxylation is 2. The Morgan fingerprint density at radius 1 is 0.771 bits per heavy atom. The summed E-state index contributed by atoms with van der Waals surface area (Å²) < 4.78 is 0. The molecule has 3 atom stereocenters. The van der Waals surface area contributed by atoms with Crippen molar-refractivity contribution in [3.05, 3.63) is 69.7 Å². The molecule has 0 amide bonds. The van der Waals surface area contributed by atoms with Gasteiger partial charge in [0.15, 0.2) is 0 Å². The highest BCUT2D eigenvalue weighted by molar-refractivity contribution is 9.09. The third-order valence-corrected chi connectivity index (χ3v) is 5.21. The summed E-state index contributed by atoms with van der Waals surface area (Å²) in [5.41, 5.74) is 11.0. The lowest BCUT2D eigenvalue weighted by atomic mass is 10.1. The lowest BCUT2D eigenvalue weighted by molar-refractivity contribution is -0.382. The first-order chi connectivity index (χ1) is 16.0. The van der Waals surface area contributed by atoms with E-state index in [-0.39, 0.29) is 35.3 Å². The lowest BCUT2D eigenvalue weighted by Gasteiger charge is -2.04. The predicted molar refractivity (Wildman–Crippen MR) is 150 cm³/mol. The summed E-state index contributed by atoms with van der Waals surface area (Å²) >= 11 is 14.9. The Morgan fingerprint density at radius 2 is 1.14 bits per heavy atom. The highest BCUT2D eigenvalue weighted by Gasteiger charge is 1.97. The van der Waals surface area contributed by atoms with Gasteiger partial charge in [0.1, 0.15) is 6.54 Å². The van der Waals surface area contributed by atoms with Crippen molar-refractivity contribution >= 4 is 39.1 Å². The van der Waals surface area contributed by atoms with E-state index >= 15 is 0 Å². The molecule has 2 aromatic carbocycles. The molecule has 0 bridgehead atoms. The zero-order chi connectivity index (χ0) is 26.4. The molecule has 0 radical (unpaired) electrons. The summed E-state index contributed by atoms with van der Waals surface area (Å²) in [7, 11) is 0. The molecule has 0 aliphatic rings. The largest absolute Gasteiger partial charge is 1.00 e. The van der Waals surface area contributed by atoms with Crippen molar-refractivity contribution in [3.63, 3.8) is 0 Å². The molecule has 2 aromatic rings. The van der Waals surface area contributed by atoms with Crippen LogP contribution in [0.1, 0.15) is 51.2 Å². The number of hydrogen-bond donors (Lipinski definition) is 5. The number of halogens is 4. The Hall–Kier alpha value is -0.220. The van der Waals surface area contributed by atoms with E-state index in [0.29, 0.717) is 13.1 Å². The molecule has 3 unspecified atom stereocenters. The molecule has 0 spiro atoms. The van der Waals surface area contributed by atoms with E-state index in [1.807, 2.05) is 43.3 Å². The van der Waals surface area contributed by atoms with E-state index in [1.54, 1.807) is 13.8 Å². The van der Waals surface area contributed by atoms with Gasteiger partial charge in [-0.15, -0.1) is 0 Å². The van der Waals surface area contributed by atoms with Gasteiger partial charge in [-0.3, -0.25) is 0 Å². The van der Waals surface area contributed by atoms with Crippen LogP contribution in [0.25, 0.3) is 0 Å². The van der Waals surface area contributed by atoms with Gasteiger partial charge >= 0.3 is 0 Å². The van der Waals surface area contributed by atoms with Crippen molar-refractivity contribution in [1.29, 1.82) is 0 Å². The monoisotopic (exact) mass is 660 g/mol. The Kier molecular flexibility index (Phi) is 30.1. The van der Waals surface area contributed by atoms with E-state index in [4.69, 9.17) is 44.3 Å². The van der Waals surface area contributed by atoms with E-state index in [9.17, 15) is 0 Å². The van der Waals surface area contributed by atoms with Gasteiger partial charge in [-0.05, 0) is 81.8 Å². The Bertz CT molecular complexity index is 682. The molecule has 0 heterocycles. The molecule has 5 nitrogen and oxygen atoms in total. The number of nitrogens with two attached hydrogens (primary N) is 1. The van der Waals surface area contributed by atoms with Gasteiger partial charge in [0, 0.05) is 21.9 Å². The van der Waals surface area contributed by atoms with E-state index in [2.05, 4.69) is 33.8 Å². The highest BCUT2D eigenvalue weighted by Crippen LogP contribution is 2.12. The topological polar surface area (TPSA) is 114 Å². The van der Waals surface area contributed by atoms with Crippen LogP contribution in [0.4, 0.5) is 0 Å². The summed E-state index contributed by atoms with van der Waals surface area (Å²) in [6.07, 6.45) is 4.52. The second-order valence-corrected chi connectivity index (χ2v) is 9.68. The average Bonchev–Trinajstić information content (AvgIpc) is 2.80. The summed E-state index contributed by atoms with van der Waals surface area (Å²) in [4.78, 5) is 0. The number of unbranched alkanes of at least 4 members (excludes halogenated alkanes) is 1. The number of quaternary nitrogens is 1. The fourth-order valence-electron chi connectivity index (χ4n) is 2.18. The molecule has 0 aromatic heterocycles. The molecule has 0 aliphatic carbocycles. The average molecular weight is 663 g/mol. The number of hydrogen-bond acceptors (Lipinski definition) is 4. The smallest absolute Gasteiger partial charge is 0.100 e. The Labute approximate surface area is 241 Å². The highest BCUT2D eigenvalue weighted by atomic mass is 79.9. The van der Waals surface area contributed by atoms with Crippen molar-refractivity contribution in [2.45, 2.75) is 71.2 Å². The maximum absolute atomic E-state index is 9.07. The van der Waals surface area contributed by atoms with Crippen LogP contribution >= 0.6 is 39.1 Å². The van der Waals surface area contributed by atoms with Crippen LogP contribution in [0, 0.1) is 0 Å². The van der Waals surface area contributed by atoms with Gasteiger partial charge in [0.2, 0.25) is 0 Å². The molecular formula is C26H44Br2Cl2N2O3. The van der Waals surface area contributed by atoms with Crippen LogP contribution in [-0.4, -0.2) is 52.1 Å². The molecule has 0 fully saturated rings. The van der Waals surface area contributed by atoms with E-state index < -0.39 is 0 Å². The summed E-state index contributed by atoms with van der Waals surface area (Å²) in [5.74, 6) is 0. The van der Waals surface area contributed by atoms with E-state index in [0.717, 1.165) is 47.5 Å². The minimum Gasteiger partial charge on any atom is -1.00 e. The molecule has 204 valence electrons.